The zero-order chi connectivity index (χ0) is 62.2. The fourth-order valence-corrected chi connectivity index (χ4v) is 11.3. The first-order chi connectivity index (χ1) is 40.4. The van der Waals surface area contributed by atoms with Crippen LogP contribution in [0.5, 0.6) is 0 Å². The van der Waals surface area contributed by atoms with E-state index in [1.807, 2.05) is 0 Å². The summed E-state index contributed by atoms with van der Waals surface area (Å²) in [5.41, 5.74) is 0. The highest BCUT2D eigenvalue weighted by Crippen LogP contribution is 2.45. The molecule has 0 bridgehead atoms. The molecule has 0 radical (unpaired) electrons. The fraction of sp³-hybridized carbons (Fsp3) is 0.938. The molecule has 3 N–H and O–H groups in total. The molecule has 0 aromatic carbocycles. The molecule has 0 fully saturated rings. The molecule has 19 heteroatoms. The normalized spacial score (nSPS) is 14.3. The molecule has 0 aromatic heterocycles. The summed E-state index contributed by atoms with van der Waals surface area (Å²) < 4.78 is 67.9. The van der Waals surface area contributed by atoms with E-state index in [1.165, 1.54) is 135 Å². The first-order valence-corrected chi connectivity index (χ1v) is 37.0. The van der Waals surface area contributed by atoms with Gasteiger partial charge >= 0.3 is 39.5 Å². The second-order valence-electron chi connectivity index (χ2n) is 24.5. The SMILES string of the molecule is CCCCCCCCCCCCCCCCC(=O)O[C@H](COC(=O)CCCCCCCCCCCCC(C)C)COP(=O)(O)OC[C@@H](O)COP(=O)(O)OC[C@@H](COC(=O)CCCCCCC)OC(=O)CCCCCCCCCCCC(C)C. The van der Waals surface area contributed by atoms with Crippen molar-refractivity contribution in [3.8, 4) is 0 Å². The first-order valence-electron chi connectivity index (χ1n) is 34.0. The van der Waals surface area contributed by atoms with E-state index in [4.69, 9.17) is 37.0 Å². The van der Waals surface area contributed by atoms with Crippen LogP contribution in [0, 0.1) is 11.8 Å². The average molecular weight is 1240 g/mol. The molecule has 0 spiro atoms. The summed E-state index contributed by atoms with van der Waals surface area (Å²) in [6, 6.07) is 0. The van der Waals surface area contributed by atoms with Crippen LogP contribution in [0.2, 0.25) is 0 Å². The summed E-state index contributed by atoms with van der Waals surface area (Å²) in [5, 5.41) is 10.5. The van der Waals surface area contributed by atoms with Crippen molar-refractivity contribution < 1.29 is 80.2 Å². The van der Waals surface area contributed by atoms with Crippen LogP contribution in [0.4, 0.5) is 0 Å². The lowest BCUT2D eigenvalue weighted by Crippen LogP contribution is -2.30. The van der Waals surface area contributed by atoms with Gasteiger partial charge < -0.3 is 33.8 Å². The molecule has 17 nitrogen and oxygen atoms in total. The van der Waals surface area contributed by atoms with E-state index in [9.17, 15) is 43.2 Å². The number of rotatable bonds is 64. The van der Waals surface area contributed by atoms with Gasteiger partial charge in [0, 0.05) is 25.7 Å². The lowest BCUT2D eigenvalue weighted by Gasteiger charge is -2.21. The summed E-state index contributed by atoms with van der Waals surface area (Å²) in [4.78, 5) is 72.1. The van der Waals surface area contributed by atoms with Crippen LogP contribution < -0.4 is 0 Å². The number of phosphoric ester groups is 2. The molecule has 0 heterocycles. The van der Waals surface area contributed by atoms with E-state index in [1.54, 1.807) is 0 Å². The van der Waals surface area contributed by atoms with Crippen molar-refractivity contribution >= 4 is 39.5 Å². The van der Waals surface area contributed by atoms with Crippen molar-refractivity contribution in [2.45, 2.75) is 342 Å². The number of esters is 4. The third kappa shape index (κ3) is 59.0. The van der Waals surface area contributed by atoms with E-state index in [-0.39, 0.29) is 25.7 Å². The zero-order valence-corrected chi connectivity index (χ0v) is 56.0. The molecule has 0 amide bonds. The third-order valence-electron chi connectivity index (χ3n) is 15.0. The second kappa shape index (κ2) is 57.5. The number of aliphatic hydroxyl groups is 1. The van der Waals surface area contributed by atoms with Gasteiger partial charge in [-0.25, -0.2) is 9.13 Å². The fourth-order valence-electron chi connectivity index (χ4n) is 9.71. The molecule has 0 aromatic rings. The number of hydrogen-bond donors (Lipinski definition) is 3. The zero-order valence-electron chi connectivity index (χ0n) is 54.2. The van der Waals surface area contributed by atoms with Crippen LogP contribution in [0.1, 0.15) is 324 Å². The van der Waals surface area contributed by atoms with Crippen LogP contribution >= 0.6 is 15.6 Å². The van der Waals surface area contributed by atoms with Gasteiger partial charge in [-0.3, -0.25) is 37.3 Å². The van der Waals surface area contributed by atoms with Gasteiger partial charge in [-0.1, -0.05) is 273 Å². The van der Waals surface area contributed by atoms with E-state index in [0.717, 1.165) is 108 Å². The first kappa shape index (κ1) is 82.1. The van der Waals surface area contributed by atoms with Gasteiger partial charge in [0.1, 0.15) is 19.3 Å². The molecule has 2 unspecified atom stereocenters. The summed E-state index contributed by atoms with van der Waals surface area (Å²) in [5.74, 6) is -0.646. The number of ether oxygens (including phenoxy) is 4. The van der Waals surface area contributed by atoms with Crippen molar-refractivity contribution in [2.24, 2.45) is 11.8 Å². The van der Waals surface area contributed by atoms with Crippen LogP contribution in [0.25, 0.3) is 0 Å². The molecule has 498 valence electrons. The number of aliphatic hydroxyl groups excluding tert-OH is 1. The van der Waals surface area contributed by atoms with Gasteiger partial charge in [0.2, 0.25) is 0 Å². The third-order valence-corrected chi connectivity index (χ3v) is 16.9. The minimum atomic E-state index is -4.94. The van der Waals surface area contributed by atoms with Gasteiger partial charge in [-0.05, 0) is 37.5 Å². The summed E-state index contributed by atoms with van der Waals surface area (Å²) in [7, 11) is -9.88. The maximum Gasteiger partial charge on any atom is 0.472 e. The smallest absolute Gasteiger partial charge is 0.462 e. The summed E-state index contributed by atoms with van der Waals surface area (Å²) in [6.07, 6.45) is 40.6. The van der Waals surface area contributed by atoms with Crippen LogP contribution in [-0.4, -0.2) is 96.7 Å². The van der Waals surface area contributed by atoms with Gasteiger partial charge in [-0.15, -0.1) is 0 Å². The van der Waals surface area contributed by atoms with Crippen LogP contribution in [0.15, 0.2) is 0 Å². The number of carbonyl (C=O) groups is 4. The molecule has 0 aliphatic carbocycles. The van der Waals surface area contributed by atoms with Crippen molar-refractivity contribution in [3.63, 3.8) is 0 Å². The summed E-state index contributed by atoms with van der Waals surface area (Å²) in [6.45, 7) is 9.39. The lowest BCUT2D eigenvalue weighted by atomic mass is 10.0. The number of phosphoric acid groups is 2. The Kier molecular flexibility index (Phi) is 56.2. The second-order valence-corrected chi connectivity index (χ2v) is 27.4. The molecular weight excluding hydrogens is 1110 g/mol. The van der Waals surface area contributed by atoms with E-state index < -0.39 is 97.5 Å². The Labute approximate surface area is 511 Å². The quantitative estimate of drug-likeness (QED) is 0.0222. The Morgan fingerprint density at radius 3 is 0.810 bits per heavy atom. The maximum absolute atomic E-state index is 13.0. The van der Waals surface area contributed by atoms with E-state index in [2.05, 4.69) is 41.5 Å². The predicted octanol–water partition coefficient (Wildman–Crippen LogP) is 18.0. The Bertz CT molecular complexity index is 1650. The summed E-state index contributed by atoms with van der Waals surface area (Å²) >= 11 is 0. The Morgan fingerprint density at radius 1 is 0.321 bits per heavy atom. The molecular formula is C65H126O17P2. The predicted molar refractivity (Wildman–Crippen MR) is 335 cm³/mol. The van der Waals surface area contributed by atoms with Gasteiger partial charge in [0.15, 0.2) is 12.2 Å². The Hall–Kier alpha value is -1.94. The Balaban J connectivity index is 5.18. The van der Waals surface area contributed by atoms with Crippen molar-refractivity contribution in [3.05, 3.63) is 0 Å². The molecule has 5 atom stereocenters. The number of hydrogen-bond acceptors (Lipinski definition) is 15. The minimum Gasteiger partial charge on any atom is -0.462 e. The van der Waals surface area contributed by atoms with Crippen molar-refractivity contribution in [1.82, 2.24) is 0 Å². The van der Waals surface area contributed by atoms with E-state index in [0.29, 0.717) is 25.7 Å². The molecule has 0 saturated carbocycles. The van der Waals surface area contributed by atoms with Gasteiger partial charge in [-0.2, -0.15) is 0 Å². The van der Waals surface area contributed by atoms with Gasteiger partial charge in [0.05, 0.1) is 26.4 Å². The molecule has 0 rings (SSSR count). The van der Waals surface area contributed by atoms with Crippen molar-refractivity contribution in [2.75, 3.05) is 39.6 Å². The topological polar surface area (TPSA) is 237 Å². The molecule has 0 aliphatic heterocycles. The maximum atomic E-state index is 13.0. The number of unbranched alkanes of at least 4 members (excludes halogenated alkanes) is 34. The number of carbonyl (C=O) groups excluding carboxylic acids is 4. The largest absolute Gasteiger partial charge is 0.472 e. The highest BCUT2D eigenvalue weighted by atomic mass is 31.2. The average Bonchev–Trinajstić information content (AvgIpc) is 3.59. The lowest BCUT2D eigenvalue weighted by molar-refractivity contribution is -0.161. The highest BCUT2D eigenvalue weighted by molar-refractivity contribution is 7.47. The molecule has 84 heavy (non-hydrogen) atoms. The van der Waals surface area contributed by atoms with Gasteiger partial charge in [0.25, 0.3) is 0 Å². The Morgan fingerprint density at radius 2 is 0.548 bits per heavy atom. The minimum absolute atomic E-state index is 0.104. The van der Waals surface area contributed by atoms with Crippen LogP contribution in [-0.2, 0) is 65.4 Å². The highest BCUT2D eigenvalue weighted by Gasteiger charge is 2.30. The van der Waals surface area contributed by atoms with E-state index >= 15 is 0 Å². The van der Waals surface area contributed by atoms with Crippen LogP contribution in [0.3, 0.4) is 0 Å². The standard InChI is InChI=1S/C65H126O17P2/c1-7-9-11-13-14-15-16-17-18-19-26-31-37-43-49-64(69)82-61(54-76-63(68)48-42-36-30-25-21-20-23-28-34-39-45-57(3)4)56-80-84(73,74)78-52-59(66)51-77-83(71,72)79-55-60(53-75-62(67)47-41-33-12-10-8-2)81-65(70)50-44-38-32-27-22-24-29-35-40-46-58(5)6/h57-61,66H,7-56H2,1-6H3,(H,71,72)(H,73,74)/t59-,60+,61+/m0/s1. The molecule has 0 saturated heterocycles. The van der Waals surface area contributed by atoms with Crippen molar-refractivity contribution in [1.29, 1.82) is 0 Å². The molecule has 0 aliphatic rings. The monoisotopic (exact) mass is 1240 g/mol.